The van der Waals surface area contributed by atoms with Gasteiger partial charge in [0.15, 0.2) is 11.0 Å². The predicted molar refractivity (Wildman–Crippen MR) is 111 cm³/mol. The Morgan fingerprint density at radius 3 is 2.89 bits per heavy atom. The van der Waals surface area contributed by atoms with Gasteiger partial charge in [-0.25, -0.2) is 4.39 Å². The van der Waals surface area contributed by atoms with Crippen molar-refractivity contribution in [2.75, 3.05) is 0 Å². The summed E-state index contributed by atoms with van der Waals surface area (Å²) >= 11 is 4.62. The molecule has 2 aromatic rings. The molecule has 0 unspecified atom stereocenters. The first-order valence-electron chi connectivity index (χ1n) is 8.11. The average molecular weight is 459 g/mol. The van der Waals surface area contributed by atoms with E-state index in [0.717, 1.165) is 0 Å². The Labute approximate surface area is 172 Å². The number of nitrogens with zero attached hydrogens (tertiary/aromatic N) is 3. The minimum Gasteiger partial charge on any atom is -0.488 e. The molecule has 0 atom stereocenters. The third-order valence-corrected chi connectivity index (χ3v) is 5.30. The van der Waals surface area contributed by atoms with Crippen LogP contribution in [0.25, 0.3) is 6.08 Å². The number of hydrogen-bond donors (Lipinski definition) is 1. The van der Waals surface area contributed by atoms with E-state index in [9.17, 15) is 9.18 Å². The van der Waals surface area contributed by atoms with E-state index < -0.39 is 5.91 Å². The molecule has 2 heterocycles. The molecule has 0 fully saturated rings. The first kappa shape index (κ1) is 18.6. The number of amidine groups is 2. The van der Waals surface area contributed by atoms with Crippen molar-refractivity contribution in [1.29, 1.82) is 5.41 Å². The lowest BCUT2D eigenvalue weighted by Crippen LogP contribution is -2.35. The van der Waals surface area contributed by atoms with Crippen molar-refractivity contribution in [2.24, 2.45) is 10.1 Å². The molecule has 1 amide bonds. The fourth-order valence-corrected chi connectivity index (χ4v) is 3.72. The number of fused-ring (bicyclic) bond motifs is 1. The van der Waals surface area contributed by atoms with E-state index in [4.69, 9.17) is 10.1 Å². The number of thioether (sulfide) groups is 1. The van der Waals surface area contributed by atoms with E-state index in [1.165, 1.54) is 28.4 Å². The van der Waals surface area contributed by atoms with Gasteiger partial charge in [-0.1, -0.05) is 24.3 Å². The highest BCUT2D eigenvalue weighted by molar-refractivity contribution is 9.10. The Kier molecular flexibility index (Phi) is 5.10. The zero-order valence-electron chi connectivity index (χ0n) is 14.2. The predicted octanol–water partition coefficient (Wildman–Crippen LogP) is 4.42. The molecule has 0 aromatic heterocycles. The SMILES string of the molecule is N=C1/C(=C\c2ccc(OCc3ccccc3F)c(Br)c2)C(=O)N=C2SC=NN12. The summed E-state index contributed by atoms with van der Waals surface area (Å²) in [5, 5.41) is 13.9. The summed E-state index contributed by atoms with van der Waals surface area (Å²) in [6, 6.07) is 11.6. The molecule has 0 bridgehead atoms. The van der Waals surface area contributed by atoms with Gasteiger partial charge < -0.3 is 4.74 Å². The van der Waals surface area contributed by atoms with Crippen LogP contribution in [0.4, 0.5) is 4.39 Å². The van der Waals surface area contributed by atoms with Gasteiger partial charge in [0.05, 0.1) is 15.6 Å². The quantitative estimate of drug-likeness (QED) is 0.687. The Balaban J connectivity index is 1.54. The molecule has 2 aliphatic heterocycles. The van der Waals surface area contributed by atoms with Crippen molar-refractivity contribution in [3.05, 3.63) is 69.5 Å². The smallest absolute Gasteiger partial charge is 0.283 e. The minimum absolute atomic E-state index is 0.0211. The Hall–Kier alpha value is -2.78. The maximum absolute atomic E-state index is 13.7. The highest BCUT2D eigenvalue weighted by atomic mass is 79.9. The van der Waals surface area contributed by atoms with Gasteiger partial charge in [-0.05, 0) is 57.5 Å². The van der Waals surface area contributed by atoms with Crippen molar-refractivity contribution in [2.45, 2.75) is 6.61 Å². The second-order valence-electron chi connectivity index (χ2n) is 5.83. The number of rotatable bonds is 4. The van der Waals surface area contributed by atoms with Crippen molar-refractivity contribution in [1.82, 2.24) is 5.01 Å². The summed E-state index contributed by atoms with van der Waals surface area (Å²) in [7, 11) is 0. The van der Waals surface area contributed by atoms with Crippen molar-refractivity contribution in [3.63, 3.8) is 0 Å². The molecule has 6 nitrogen and oxygen atoms in total. The zero-order chi connectivity index (χ0) is 19.7. The van der Waals surface area contributed by atoms with Crippen LogP contribution in [-0.4, -0.2) is 27.5 Å². The number of carbonyl (C=O) groups excluding carboxylic acids is 1. The fourth-order valence-electron chi connectivity index (χ4n) is 2.60. The van der Waals surface area contributed by atoms with Crippen molar-refractivity contribution < 1.29 is 13.9 Å². The summed E-state index contributed by atoms with van der Waals surface area (Å²) in [6.45, 7) is 0.0942. The number of benzene rings is 2. The molecule has 0 saturated carbocycles. The summed E-state index contributed by atoms with van der Waals surface area (Å²) in [4.78, 5) is 16.2. The van der Waals surface area contributed by atoms with Crippen LogP contribution in [0.15, 0.2) is 62.6 Å². The van der Waals surface area contributed by atoms with Gasteiger partial charge in [0, 0.05) is 5.56 Å². The van der Waals surface area contributed by atoms with Crippen LogP contribution in [-0.2, 0) is 11.4 Å². The van der Waals surface area contributed by atoms with Crippen LogP contribution >= 0.6 is 27.7 Å². The van der Waals surface area contributed by atoms with Gasteiger partial charge in [0.25, 0.3) is 5.91 Å². The van der Waals surface area contributed by atoms with Gasteiger partial charge >= 0.3 is 0 Å². The number of amides is 1. The van der Waals surface area contributed by atoms with E-state index in [2.05, 4.69) is 26.0 Å². The number of halogens is 2. The van der Waals surface area contributed by atoms with E-state index in [1.807, 2.05) is 0 Å². The van der Waals surface area contributed by atoms with Crippen LogP contribution in [0, 0.1) is 11.2 Å². The summed E-state index contributed by atoms with van der Waals surface area (Å²) in [5.41, 5.74) is 2.82. The molecule has 28 heavy (non-hydrogen) atoms. The lowest BCUT2D eigenvalue weighted by atomic mass is 10.1. The lowest BCUT2D eigenvalue weighted by Gasteiger charge is -2.20. The number of hydrazone groups is 1. The molecule has 140 valence electrons. The first-order chi connectivity index (χ1) is 13.5. The van der Waals surface area contributed by atoms with E-state index in [1.54, 1.807) is 42.5 Å². The fraction of sp³-hybridized carbons (Fsp3) is 0.0526. The van der Waals surface area contributed by atoms with E-state index >= 15 is 0 Å². The highest BCUT2D eigenvalue weighted by Crippen LogP contribution is 2.29. The lowest BCUT2D eigenvalue weighted by molar-refractivity contribution is -0.114. The molecule has 0 saturated heterocycles. The Bertz CT molecular complexity index is 1080. The molecular formula is C19H12BrFN4O2S. The normalized spacial score (nSPS) is 17.1. The number of hydrogen-bond acceptors (Lipinski definition) is 5. The van der Waals surface area contributed by atoms with Gasteiger partial charge in [-0.15, -0.1) is 0 Å². The zero-order valence-corrected chi connectivity index (χ0v) is 16.6. The molecule has 0 spiro atoms. The summed E-state index contributed by atoms with van der Waals surface area (Å²) < 4.78 is 20.0. The van der Waals surface area contributed by atoms with Crippen molar-refractivity contribution >= 4 is 56.2 Å². The van der Waals surface area contributed by atoms with Crippen LogP contribution < -0.4 is 4.74 Å². The number of aliphatic imine (C=N–C) groups is 1. The first-order valence-corrected chi connectivity index (χ1v) is 9.79. The van der Waals surface area contributed by atoms with Crippen LogP contribution in [0.1, 0.15) is 11.1 Å². The second-order valence-corrected chi connectivity index (χ2v) is 7.49. The van der Waals surface area contributed by atoms with E-state index in [-0.39, 0.29) is 23.8 Å². The molecule has 4 rings (SSSR count). The molecule has 2 aliphatic rings. The summed E-state index contributed by atoms with van der Waals surface area (Å²) in [6.07, 6.45) is 1.58. The van der Waals surface area contributed by atoms with Crippen LogP contribution in [0.5, 0.6) is 5.75 Å². The van der Waals surface area contributed by atoms with Crippen LogP contribution in [0.3, 0.4) is 0 Å². The molecule has 0 radical (unpaired) electrons. The van der Waals surface area contributed by atoms with Gasteiger partial charge in [0.1, 0.15) is 18.2 Å². The largest absolute Gasteiger partial charge is 0.488 e. The number of ether oxygens (including phenoxy) is 1. The number of carbonyl (C=O) groups is 1. The molecule has 9 heteroatoms. The average Bonchev–Trinajstić information content (AvgIpc) is 3.14. The van der Waals surface area contributed by atoms with E-state index in [0.29, 0.717) is 26.5 Å². The topological polar surface area (TPSA) is 78.1 Å². The maximum Gasteiger partial charge on any atom is 0.283 e. The monoisotopic (exact) mass is 458 g/mol. The van der Waals surface area contributed by atoms with Gasteiger partial charge in [0.2, 0.25) is 0 Å². The van der Waals surface area contributed by atoms with Crippen molar-refractivity contribution in [3.8, 4) is 5.75 Å². The molecule has 1 N–H and O–H groups in total. The van der Waals surface area contributed by atoms with Crippen LogP contribution in [0.2, 0.25) is 0 Å². The standard InChI is InChI=1S/C19H12BrFN4O2S/c20-14-8-11(5-6-16(14)27-9-12-3-1-2-4-15(12)21)7-13-17(22)25-19(24-18(13)26)28-10-23-25/h1-8,10,22H,9H2/b13-7+,22-17?. The Morgan fingerprint density at radius 1 is 1.29 bits per heavy atom. The minimum atomic E-state index is -0.481. The second kappa shape index (κ2) is 7.69. The Morgan fingerprint density at radius 2 is 2.11 bits per heavy atom. The third kappa shape index (κ3) is 3.63. The molecule has 2 aromatic carbocycles. The summed E-state index contributed by atoms with van der Waals surface area (Å²) in [5.74, 6) is -0.286. The maximum atomic E-state index is 13.7. The highest BCUT2D eigenvalue weighted by Gasteiger charge is 2.32. The van der Waals surface area contributed by atoms with Gasteiger partial charge in [-0.2, -0.15) is 15.1 Å². The third-order valence-electron chi connectivity index (χ3n) is 4.00. The van der Waals surface area contributed by atoms with Gasteiger partial charge in [-0.3, -0.25) is 10.2 Å². The number of nitrogens with one attached hydrogen (secondary N) is 1. The molecule has 0 aliphatic carbocycles. The molecular weight excluding hydrogens is 447 g/mol.